The molecule has 4 nitrogen and oxygen atoms in total. The lowest BCUT2D eigenvalue weighted by atomic mass is 9.70. The van der Waals surface area contributed by atoms with Crippen LogP contribution in [0.3, 0.4) is 0 Å². The van der Waals surface area contributed by atoms with Gasteiger partial charge in [-0.3, -0.25) is 4.79 Å². The Hall–Kier alpha value is -3.01. The van der Waals surface area contributed by atoms with Crippen molar-refractivity contribution in [3.8, 4) is 11.1 Å². The van der Waals surface area contributed by atoms with Crippen molar-refractivity contribution in [3.05, 3.63) is 71.3 Å². The zero-order valence-corrected chi connectivity index (χ0v) is 18.2. The Balaban J connectivity index is 1.54. The number of oxime groups is 1. The van der Waals surface area contributed by atoms with E-state index in [1.165, 1.54) is 42.0 Å². The lowest BCUT2D eigenvalue weighted by Crippen LogP contribution is -2.27. The number of Topliss-reactive ketones (excluding diaryl/α,β-unsaturated/α-hetero) is 1. The number of fused-ring (bicyclic) bond motifs is 5. The van der Waals surface area contributed by atoms with E-state index < -0.39 is 5.97 Å². The van der Waals surface area contributed by atoms with Crippen molar-refractivity contribution >= 4 is 17.5 Å². The van der Waals surface area contributed by atoms with E-state index in [0.29, 0.717) is 17.4 Å². The predicted octanol–water partition coefficient (Wildman–Crippen LogP) is 5.70. The SMILES string of the molecule is CC(=O)O/N=C(\C)C(=O)c1ccc2c(c1)C(C)(CC1CC3C=CC1C3)c1ccccc1-2. The zero-order valence-electron chi connectivity index (χ0n) is 18.2. The highest BCUT2D eigenvalue weighted by Crippen LogP contribution is 2.56. The van der Waals surface area contributed by atoms with Crippen LogP contribution in [0.5, 0.6) is 0 Å². The van der Waals surface area contributed by atoms with E-state index in [-0.39, 0.29) is 16.9 Å². The molecule has 4 atom stereocenters. The third kappa shape index (κ3) is 3.25. The van der Waals surface area contributed by atoms with Crippen molar-refractivity contribution in [2.45, 2.75) is 45.4 Å². The van der Waals surface area contributed by atoms with Crippen LogP contribution in [0.1, 0.15) is 61.5 Å². The number of rotatable bonds is 5. The molecule has 0 spiro atoms. The summed E-state index contributed by atoms with van der Waals surface area (Å²) in [5.41, 5.74) is 5.67. The molecule has 2 aromatic rings. The number of nitrogens with zero attached hydrogens (tertiary/aromatic N) is 1. The number of carbonyl (C=O) groups is 2. The van der Waals surface area contributed by atoms with Crippen molar-refractivity contribution in [2.75, 3.05) is 0 Å². The van der Waals surface area contributed by atoms with E-state index in [0.717, 1.165) is 12.3 Å². The van der Waals surface area contributed by atoms with E-state index in [1.54, 1.807) is 6.92 Å². The number of hydrogen-bond donors (Lipinski definition) is 0. The lowest BCUT2D eigenvalue weighted by molar-refractivity contribution is -0.140. The fraction of sp³-hybridized carbons (Fsp3) is 0.370. The molecular formula is C27H27NO3. The molecule has 3 aliphatic rings. The van der Waals surface area contributed by atoms with Gasteiger partial charge in [0.15, 0.2) is 0 Å². The molecule has 0 radical (unpaired) electrons. The molecule has 2 aromatic carbocycles. The number of allylic oxidation sites excluding steroid dienone is 2. The van der Waals surface area contributed by atoms with Gasteiger partial charge in [-0.2, -0.15) is 0 Å². The van der Waals surface area contributed by atoms with Gasteiger partial charge >= 0.3 is 5.97 Å². The van der Waals surface area contributed by atoms with Crippen molar-refractivity contribution in [2.24, 2.45) is 22.9 Å². The molecule has 1 saturated carbocycles. The van der Waals surface area contributed by atoms with Crippen LogP contribution in [-0.2, 0) is 15.0 Å². The molecule has 158 valence electrons. The minimum absolute atomic E-state index is 0.133. The van der Waals surface area contributed by atoms with Crippen LogP contribution in [0.15, 0.2) is 59.8 Å². The van der Waals surface area contributed by atoms with Crippen LogP contribution in [0, 0.1) is 17.8 Å². The smallest absolute Gasteiger partial charge is 0.318 e. The summed E-state index contributed by atoms with van der Waals surface area (Å²) in [4.78, 5) is 28.7. The van der Waals surface area contributed by atoms with Gasteiger partial charge in [0.25, 0.3) is 0 Å². The standard InChI is InChI=1S/C27H27NO3/c1-16(28-31-17(2)29)26(30)20-10-11-23-22-6-4-5-7-24(22)27(3,25(23)14-20)15-21-13-18-8-9-19(21)12-18/h4-11,14,18-19,21H,12-13,15H2,1-3H3/b28-16+. The second-order valence-electron chi connectivity index (χ2n) is 9.47. The highest BCUT2D eigenvalue weighted by molar-refractivity contribution is 6.45. The van der Waals surface area contributed by atoms with Crippen LogP contribution in [-0.4, -0.2) is 17.5 Å². The topological polar surface area (TPSA) is 55.7 Å². The molecule has 3 aliphatic carbocycles. The molecule has 4 heteroatoms. The minimum atomic E-state index is -0.538. The largest absolute Gasteiger partial charge is 0.331 e. The Morgan fingerprint density at radius 2 is 1.81 bits per heavy atom. The molecule has 0 heterocycles. The maximum atomic E-state index is 13.0. The Morgan fingerprint density at radius 3 is 2.52 bits per heavy atom. The van der Waals surface area contributed by atoms with Gasteiger partial charge in [-0.05, 0) is 72.3 Å². The first-order valence-electron chi connectivity index (χ1n) is 11.1. The highest BCUT2D eigenvalue weighted by atomic mass is 16.7. The van der Waals surface area contributed by atoms with Crippen molar-refractivity contribution in [3.63, 3.8) is 0 Å². The third-order valence-electron chi connectivity index (χ3n) is 7.41. The summed E-state index contributed by atoms with van der Waals surface area (Å²) in [6.07, 6.45) is 8.45. The minimum Gasteiger partial charge on any atom is -0.318 e. The van der Waals surface area contributed by atoms with E-state index in [1.807, 2.05) is 12.1 Å². The monoisotopic (exact) mass is 413 g/mol. The molecule has 1 fully saturated rings. The molecule has 0 aliphatic heterocycles. The summed E-state index contributed by atoms with van der Waals surface area (Å²) in [5.74, 6) is 1.34. The second kappa shape index (κ2) is 7.30. The van der Waals surface area contributed by atoms with Gasteiger partial charge in [0.1, 0.15) is 5.71 Å². The van der Waals surface area contributed by atoms with E-state index in [2.05, 4.69) is 59.4 Å². The number of carbonyl (C=O) groups excluding carboxylic acids is 2. The van der Waals surface area contributed by atoms with E-state index in [9.17, 15) is 9.59 Å². The Morgan fingerprint density at radius 1 is 1.03 bits per heavy atom. The first kappa shape index (κ1) is 19.9. The van der Waals surface area contributed by atoms with Gasteiger partial charge in [-0.15, -0.1) is 0 Å². The molecule has 0 aromatic heterocycles. The molecule has 31 heavy (non-hydrogen) atoms. The molecule has 0 N–H and O–H groups in total. The Kier molecular flexibility index (Phi) is 4.69. The summed E-state index contributed by atoms with van der Waals surface area (Å²) in [6, 6.07) is 14.6. The number of benzene rings is 2. The average molecular weight is 414 g/mol. The fourth-order valence-corrected chi connectivity index (χ4v) is 5.98. The second-order valence-corrected chi connectivity index (χ2v) is 9.47. The number of ketones is 1. The van der Waals surface area contributed by atoms with Crippen LogP contribution >= 0.6 is 0 Å². The number of hydrogen-bond acceptors (Lipinski definition) is 4. The maximum absolute atomic E-state index is 13.0. The molecule has 2 bridgehead atoms. The summed E-state index contributed by atoms with van der Waals surface area (Å²) < 4.78 is 0. The molecule has 0 saturated heterocycles. The van der Waals surface area contributed by atoms with Crippen LogP contribution in [0.4, 0.5) is 0 Å². The normalized spacial score (nSPS) is 27.8. The predicted molar refractivity (Wildman–Crippen MR) is 121 cm³/mol. The van der Waals surface area contributed by atoms with Gasteiger partial charge in [0, 0.05) is 17.9 Å². The van der Waals surface area contributed by atoms with Crippen molar-refractivity contribution in [1.29, 1.82) is 0 Å². The van der Waals surface area contributed by atoms with Crippen molar-refractivity contribution in [1.82, 2.24) is 0 Å². The van der Waals surface area contributed by atoms with E-state index in [4.69, 9.17) is 0 Å². The first-order chi connectivity index (χ1) is 14.9. The summed E-state index contributed by atoms with van der Waals surface area (Å²) in [5, 5.41) is 3.69. The highest BCUT2D eigenvalue weighted by Gasteiger charge is 2.45. The lowest BCUT2D eigenvalue weighted by Gasteiger charge is -2.33. The third-order valence-corrected chi connectivity index (χ3v) is 7.41. The van der Waals surface area contributed by atoms with Crippen LogP contribution in [0.25, 0.3) is 11.1 Å². The molecule has 5 rings (SSSR count). The van der Waals surface area contributed by atoms with Crippen molar-refractivity contribution < 1.29 is 14.4 Å². The van der Waals surface area contributed by atoms with E-state index >= 15 is 0 Å². The quantitative estimate of drug-likeness (QED) is 0.208. The zero-order chi connectivity index (χ0) is 21.8. The van der Waals surface area contributed by atoms with Gasteiger partial charge in [0.05, 0.1) is 0 Å². The van der Waals surface area contributed by atoms with Crippen LogP contribution < -0.4 is 0 Å². The first-order valence-corrected chi connectivity index (χ1v) is 11.1. The van der Waals surface area contributed by atoms with Gasteiger partial charge in [0.2, 0.25) is 5.78 Å². The summed E-state index contributed by atoms with van der Waals surface area (Å²) >= 11 is 0. The van der Waals surface area contributed by atoms with Gasteiger partial charge in [-0.1, -0.05) is 60.6 Å². The van der Waals surface area contributed by atoms with Crippen LogP contribution in [0.2, 0.25) is 0 Å². The Bertz CT molecular complexity index is 1140. The Labute approximate surface area is 183 Å². The molecule has 0 amide bonds. The molecular weight excluding hydrogens is 386 g/mol. The molecule has 4 unspecified atom stereocenters. The summed E-state index contributed by atoms with van der Waals surface area (Å²) in [6.45, 7) is 5.18. The average Bonchev–Trinajstić information content (AvgIpc) is 3.45. The van der Waals surface area contributed by atoms with Gasteiger partial charge in [-0.25, -0.2) is 4.79 Å². The fourth-order valence-electron chi connectivity index (χ4n) is 5.98. The van der Waals surface area contributed by atoms with Gasteiger partial charge < -0.3 is 4.84 Å². The maximum Gasteiger partial charge on any atom is 0.331 e. The summed E-state index contributed by atoms with van der Waals surface area (Å²) in [7, 11) is 0.